The molecule has 0 amide bonds. The Bertz CT molecular complexity index is 3210. The van der Waals surface area contributed by atoms with Crippen LogP contribution in [0.25, 0.3) is 43.1 Å². The van der Waals surface area contributed by atoms with Crippen LogP contribution in [0.3, 0.4) is 0 Å². The number of aryl methyl sites for hydroxylation is 1. The van der Waals surface area contributed by atoms with Crippen LogP contribution in [0.15, 0.2) is 133 Å². The number of para-hydroxylation sites is 1. The first-order chi connectivity index (χ1) is 30.1. The molecule has 2 aliphatic heterocycles. The molecule has 3 heterocycles. The van der Waals surface area contributed by atoms with Crippen molar-refractivity contribution in [2.75, 3.05) is 9.71 Å². The molecule has 12 rings (SSSR count). The largest absolute Gasteiger partial charge is 0.376 e. The van der Waals surface area contributed by atoms with Gasteiger partial charge in [-0.2, -0.15) is 0 Å². The molecule has 2 nitrogen and oxygen atoms in total. The Labute approximate surface area is 378 Å². The van der Waals surface area contributed by atoms with E-state index >= 15 is 0 Å². The summed E-state index contributed by atoms with van der Waals surface area (Å²) in [4.78, 5) is 5.45. The lowest BCUT2D eigenvalue weighted by Crippen LogP contribution is -2.61. The van der Waals surface area contributed by atoms with E-state index in [1.807, 2.05) is 11.3 Å². The summed E-state index contributed by atoms with van der Waals surface area (Å²) in [7, 11) is 0. The van der Waals surface area contributed by atoms with Crippen LogP contribution in [-0.4, -0.2) is 6.85 Å². The van der Waals surface area contributed by atoms with Gasteiger partial charge in [-0.25, -0.2) is 0 Å². The predicted octanol–water partition coefficient (Wildman–Crippen LogP) is 15.4. The predicted molar refractivity (Wildman–Crippen MR) is 274 cm³/mol. The summed E-state index contributed by atoms with van der Waals surface area (Å²) < 4.78 is 1.39. The Kier molecular flexibility index (Phi) is 8.21. The van der Waals surface area contributed by atoms with Crippen molar-refractivity contribution in [1.82, 2.24) is 0 Å². The topological polar surface area (TPSA) is 6.48 Å². The fourth-order valence-electron chi connectivity index (χ4n) is 12.2. The molecule has 312 valence electrons. The number of benzene rings is 7. The lowest BCUT2D eigenvalue weighted by atomic mass is 9.43. The number of nitrogens with zero attached hydrogens (tertiary/aromatic N) is 2. The van der Waals surface area contributed by atoms with Crippen LogP contribution in [0.1, 0.15) is 109 Å². The summed E-state index contributed by atoms with van der Waals surface area (Å²) in [5, 5.41) is 5.31. The molecule has 0 saturated heterocycles. The molecule has 0 spiro atoms. The number of hydrogen-bond acceptors (Lipinski definition) is 3. The quantitative estimate of drug-likeness (QED) is 0.164. The van der Waals surface area contributed by atoms with Gasteiger partial charge in [0.1, 0.15) is 0 Å². The van der Waals surface area contributed by atoms with Crippen molar-refractivity contribution in [3.05, 3.63) is 161 Å². The van der Waals surface area contributed by atoms with E-state index in [0.29, 0.717) is 0 Å². The number of fused-ring (bicyclic) bond motifs is 10. The highest BCUT2D eigenvalue weighted by Crippen LogP contribution is 2.56. The molecule has 0 saturated carbocycles. The van der Waals surface area contributed by atoms with Crippen LogP contribution < -0.4 is 20.6 Å². The molecule has 4 heteroatoms. The van der Waals surface area contributed by atoms with E-state index < -0.39 is 0 Å². The van der Waals surface area contributed by atoms with Crippen molar-refractivity contribution in [3.63, 3.8) is 0 Å². The average molecular weight is 837 g/mol. The molecule has 0 atom stereocenters. The number of thiophene rings is 1. The van der Waals surface area contributed by atoms with Gasteiger partial charge in [-0.1, -0.05) is 140 Å². The maximum absolute atomic E-state index is 2.74. The number of hydrogen-bond donors (Lipinski definition) is 0. The van der Waals surface area contributed by atoms with Gasteiger partial charge in [-0.3, -0.25) is 0 Å². The van der Waals surface area contributed by atoms with Gasteiger partial charge in [0.2, 0.25) is 0 Å². The van der Waals surface area contributed by atoms with Crippen LogP contribution in [0, 0.1) is 6.92 Å². The standard InChI is InChI=1S/C59H57BN2S/c1-36-30-44-46(58(6,7)28-26-56(44,2)3)34-49(36)61-50-32-39(37-18-12-10-13-19-37)31-43-52-41-23-17-16-20-38(41)24-25-48(52)62(40-21-14-11-15-22-40)60(53(43)50)54-42-33-45-47(35-51(42)63-55(54)61)59(8,9)29-27-57(45,4)5/h10-25,30-35H,26-29H2,1-9H3. The SMILES string of the molecule is Cc1cc2c(cc1N1c3cc(-c4ccccc4)cc4c3B(c3c1sc1cc5c(cc31)C(C)(C)CCC5(C)C)N(c1ccccc1)c1ccc3ccccc3c1-4)C(C)(C)CCC2(C)C. The summed E-state index contributed by atoms with van der Waals surface area (Å²) in [6, 6.07) is 51.7. The second-order valence-electron chi connectivity index (χ2n) is 21.9. The maximum Gasteiger partial charge on any atom is 0.334 e. The highest BCUT2D eigenvalue weighted by atomic mass is 32.1. The van der Waals surface area contributed by atoms with Crippen LogP contribution in [-0.2, 0) is 21.7 Å². The highest BCUT2D eigenvalue weighted by molar-refractivity contribution is 7.26. The van der Waals surface area contributed by atoms with Crippen molar-refractivity contribution in [2.24, 2.45) is 0 Å². The fourth-order valence-corrected chi connectivity index (χ4v) is 13.5. The number of anilines is 5. The van der Waals surface area contributed by atoms with E-state index in [0.717, 1.165) is 0 Å². The Morgan fingerprint density at radius 1 is 0.492 bits per heavy atom. The van der Waals surface area contributed by atoms with E-state index in [2.05, 4.69) is 205 Å². The third-order valence-electron chi connectivity index (χ3n) is 16.1. The molecule has 63 heavy (non-hydrogen) atoms. The number of rotatable bonds is 3. The minimum atomic E-state index is -0.0537. The van der Waals surface area contributed by atoms with E-state index in [-0.39, 0.29) is 28.5 Å². The molecule has 7 aromatic carbocycles. The fraction of sp³-hybridized carbons (Fsp3) is 0.288. The van der Waals surface area contributed by atoms with Gasteiger partial charge >= 0.3 is 6.85 Å². The van der Waals surface area contributed by atoms with Crippen molar-refractivity contribution in [3.8, 4) is 22.3 Å². The first-order valence-corrected chi connectivity index (χ1v) is 24.1. The van der Waals surface area contributed by atoms with Crippen LogP contribution in [0.5, 0.6) is 0 Å². The van der Waals surface area contributed by atoms with Gasteiger partial charge in [0.25, 0.3) is 0 Å². The Balaban J connectivity index is 1.27. The van der Waals surface area contributed by atoms with E-state index in [1.54, 1.807) is 0 Å². The average Bonchev–Trinajstić information content (AvgIpc) is 3.65. The summed E-state index contributed by atoms with van der Waals surface area (Å²) in [5.74, 6) is 0. The van der Waals surface area contributed by atoms with Gasteiger partial charge in [-0.15, -0.1) is 11.3 Å². The molecular weight excluding hydrogens is 780 g/mol. The summed E-state index contributed by atoms with van der Waals surface area (Å²) in [5.41, 5.74) is 20.8. The lowest BCUT2D eigenvalue weighted by molar-refractivity contribution is 0.332. The van der Waals surface area contributed by atoms with Crippen molar-refractivity contribution in [2.45, 2.75) is 110 Å². The monoisotopic (exact) mass is 836 g/mol. The minimum Gasteiger partial charge on any atom is -0.376 e. The summed E-state index contributed by atoms with van der Waals surface area (Å²) in [6.07, 6.45) is 4.76. The van der Waals surface area contributed by atoms with Gasteiger partial charge in [0.15, 0.2) is 0 Å². The lowest BCUT2D eigenvalue weighted by Gasteiger charge is -2.46. The molecule has 8 aromatic rings. The summed E-state index contributed by atoms with van der Waals surface area (Å²) in [6.45, 7) is 22.1. The van der Waals surface area contributed by atoms with Gasteiger partial charge in [0.05, 0.1) is 10.7 Å². The van der Waals surface area contributed by atoms with Crippen molar-refractivity contribution in [1.29, 1.82) is 0 Å². The Morgan fingerprint density at radius 3 is 1.76 bits per heavy atom. The molecule has 2 aliphatic carbocycles. The van der Waals surface area contributed by atoms with Gasteiger partial charge in [-0.05, 0) is 174 Å². The van der Waals surface area contributed by atoms with Crippen molar-refractivity contribution >= 4 is 77.7 Å². The maximum atomic E-state index is 2.74. The van der Waals surface area contributed by atoms with E-state index in [9.17, 15) is 0 Å². The minimum absolute atomic E-state index is 0.0537. The second-order valence-corrected chi connectivity index (χ2v) is 22.9. The zero-order chi connectivity index (χ0) is 43.4. The zero-order valence-corrected chi connectivity index (χ0v) is 39.2. The summed E-state index contributed by atoms with van der Waals surface area (Å²) >= 11 is 2.02. The van der Waals surface area contributed by atoms with E-state index in [1.165, 1.54) is 135 Å². The van der Waals surface area contributed by atoms with Gasteiger partial charge in [0, 0.05) is 27.3 Å². The Morgan fingerprint density at radius 2 is 1.08 bits per heavy atom. The first-order valence-electron chi connectivity index (χ1n) is 23.3. The normalized spacial score (nSPS) is 18.4. The molecule has 4 aliphatic rings. The van der Waals surface area contributed by atoms with Crippen LogP contribution in [0.4, 0.5) is 27.8 Å². The molecule has 0 fully saturated rings. The molecular formula is C59H57BN2S. The Hall–Kier alpha value is -5.58. The van der Waals surface area contributed by atoms with Crippen LogP contribution in [0.2, 0.25) is 0 Å². The second kappa shape index (κ2) is 13.2. The molecule has 1 aromatic heterocycles. The van der Waals surface area contributed by atoms with Crippen LogP contribution >= 0.6 is 11.3 Å². The van der Waals surface area contributed by atoms with Gasteiger partial charge < -0.3 is 9.71 Å². The smallest absolute Gasteiger partial charge is 0.334 e. The first kappa shape index (κ1) is 39.0. The molecule has 0 unspecified atom stereocenters. The third-order valence-corrected chi connectivity index (χ3v) is 17.2. The molecule has 0 radical (unpaired) electrons. The molecule has 0 bridgehead atoms. The highest BCUT2D eigenvalue weighted by Gasteiger charge is 2.49. The third kappa shape index (κ3) is 5.62. The zero-order valence-electron chi connectivity index (χ0n) is 38.4. The van der Waals surface area contributed by atoms with E-state index in [4.69, 9.17) is 0 Å². The van der Waals surface area contributed by atoms with Crippen molar-refractivity contribution < 1.29 is 0 Å². The molecule has 0 N–H and O–H groups in total.